The van der Waals surface area contributed by atoms with Crippen LogP contribution in [0.15, 0.2) is 24.3 Å². The topological polar surface area (TPSA) is 235 Å². The van der Waals surface area contributed by atoms with Crippen molar-refractivity contribution in [3.05, 3.63) is 57.3 Å². The highest BCUT2D eigenvalue weighted by Gasteiger charge is 2.22. The number of hydrogen-bond donors (Lipinski definition) is 8. The molecule has 0 fully saturated rings. The van der Waals surface area contributed by atoms with Gasteiger partial charge >= 0.3 is 23.9 Å². The largest absolute Gasteiger partial charge is 0.480 e. The van der Waals surface area contributed by atoms with E-state index in [9.17, 15) is 39.6 Å². The molecule has 0 saturated heterocycles. The van der Waals surface area contributed by atoms with Crippen molar-refractivity contribution < 1.29 is 39.6 Å². The van der Waals surface area contributed by atoms with Crippen LogP contribution in [-0.2, 0) is 44.2 Å². The Hall–Kier alpha value is -4.96. The van der Waals surface area contributed by atoms with Crippen LogP contribution >= 0.6 is 0 Å². The zero-order chi connectivity index (χ0) is 33.1. The highest BCUT2D eigenvalue weighted by molar-refractivity contribution is 5.70. The average Bonchev–Trinajstić information content (AvgIpc) is 2.91. The Balaban J connectivity index is 1.90. The van der Waals surface area contributed by atoms with Crippen molar-refractivity contribution in [2.75, 3.05) is 39.3 Å². The number of nitrogens with zero attached hydrogens (tertiary/aromatic N) is 4. The summed E-state index contributed by atoms with van der Waals surface area (Å²) in [5, 5.41) is 41.9. The van der Waals surface area contributed by atoms with Crippen LogP contribution in [0.25, 0.3) is 11.4 Å². The van der Waals surface area contributed by atoms with Crippen LogP contribution in [0.4, 0.5) is 0 Å². The van der Waals surface area contributed by atoms with Gasteiger partial charge in [0.15, 0.2) is 11.0 Å². The molecule has 16 heteroatoms. The summed E-state index contributed by atoms with van der Waals surface area (Å²) >= 11 is 0. The maximum absolute atomic E-state index is 11.9. The first kappa shape index (κ1) is 32.9. The number of nitrogens with one attached hydrogen (secondary N) is 3. The van der Waals surface area contributed by atoms with Crippen molar-refractivity contribution in [2.45, 2.75) is 45.8 Å². The molecule has 0 unspecified atom stereocenters. The van der Waals surface area contributed by atoms with E-state index in [2.05, 4.69) is 36.1 Å². The van der Waals surface area contributed by atoms with Gasteiger partial charge in [0.1, 0.15) is 24.0 Å². The molecular weight excluding hydrogens is 588 g/mol. The highest BCUT2D eigenvalue weighted by Crippen LogP contribution is 2.22. The number of nitrogens with two attached hydrogens (primary N) is 1. The summed E-state index contributed by atoms with van der Waals surface area (Å²) in [6.45, 7) is 5.27. The standard InChI is InChI=1S/C29H40N8O8/c1-29(2,3)18-6-4-17(5-7-18)10-31-20-12-35(14-22(40)41)9-8-34(13-21(38)39)11-19(30)25-32-27(36(25)15-23(42)43)28-33-26(20)37(28)16-24(44)45/h4-7,31-33H,8-16,30H2,1-3H3,(H,38,39)(H,40,41)(H,42,43)(H,44,45)/b25-19+,26-20+,28-27-. The summed E-state index contributed by atoms with van der Waals surface area (Å²) in [5.74, 6) is -4.50. The van der Waals surface area contributed by atoms with Crippen molar-refractivity contribution in [1.82, 2.24) is 34.2 Å². The van der Waals surface area contributed by atoms with Gasteiger partial charge in [-0.15, -0.1) is 0 Å². The van der Waals surface area contributed by atoms with Crippen molar-refractivity contribution in [1.29, 1.82) is 0 Å². The van der Waals surface area contributed by atoms with Gasteiger partial charge in [0.2, 0.25) is 0 Å². The zero-order valence-corrected chi connectivity index (χ0v) is 25.5. The molecule has 3 aliphatic heterocycles. The number of aromatic amines is 2. The summed E-state index contributed by atoms with van der Waals surface area (Å²) in [6, 6.07) is 8.04. The Morgan fingerprint density at radius 3 is 1.69 bits per heavy atom. The first-order valence-electron chi connectivity index (χ1n) is 14.3. The normalized spacial score (nSPS) is 18.4. The lowest BCUT2D eigenvalue weighted by molar-refractivity contribution is -0.140. The minimum atomic E-state index is -1.16. The molecule has 16 nitrogen and oxygen atoms in total. The van der Waals surface area contributed by atoms with Crippen LogP contribution in [0.3, 0.4) is 0 Å². The Labute approximate surface area is 257 Å². The Morgan fingerprint density at radius 1 is 0.733 bits per heavy atom. The van der Waals surface area contributed by atoms with Crippen LogP contribution in [-0.4, -0.2) is 112 Å². The van der Waals surface area contributed by atoms with E-state index in [4.69, 9.17) is 5.73 Å². The summed E-state index contributed by atoms with van der Waals surface area (Å²) < 4.78 is 2.86. The molecule has 0 aliphatic carbocycles. The van der Waals surface area contributed by atoms with E-state index < -0.39 is 37.0 Å². The van der Waals surface area contributed by atoms with Crippen molar-refractivity contribution in [3.8, 4) is 0 Å². The summed E-state index contributed by atoms with van der Waals surface area (Å²) in [4.78, 5) is 56.5. The monoisotopic (exact) mass is 628 g/mol. The number of hydrogen-bond acceptors (Lipinski definition) is 8. The predicted octanol–water partition coefficient (Wildman–Crippen LogP) is -1.55. The van der Waals surface area contributed by atoms with Gasteiger partial charge in [-0.3, -0.25) is 38.1 Å². The maximum Gasteiger partial charge on any atom is 0.323 e. The number of H-pyrrole nitrogens is 2. The molecule has 1 aromatic carbocycles. The molecule has 4 bridgehead atoms. The van der Waals surface area contributed by atoms with Gasteiger partial charge < -0.3 is 41.4 Å². The van der Waals surface area contributed by atoms with Gasteiger partial charge in [-0.2, -0.15) is 0 Å². The Bertz CT molecular complexity index is 1790. The van der Waals surface area contributed by atoms with Gasteiger partial charge in [0, 0.05) is 32.7 Å². The fourth-order valence-electron chi connectivity index (χ4n) is 5.24. The Morgan fingerprint density at radius 2 is 1.20 bits per heavy atom. The average molecular weight is 629 g/mol. The number of aliphatic carboxylic acids is 4. The van der Waals surface area contributed by atoms with Crippen LogP contribution in [0.5, 0.6) is 0 Å². The molecule has 0 amide bonds. The summed E-state index contributed by atoms with van der Waals surface area (Å²) in [7, 11) is 0. The fraction of sp³-hybridized carbons (Fsp3) is 0.448. The lowest BCUT2D eigenvalue weighted by Crippen LogP contribution is -2.49. The third-order valence-corrected chi connectivity index (χ3v) is 7.51. The van der Waals surface area contributed by atoms with Gasteiger partial charge in [0.05, 0.1) is 24.5 Å². The van der Waals surface area contributed by atoms with E-state index in [0.717, 1.165) is 11.1 Å². The first-order chi connectivity index (χ1) is 21.1. The van der Waals surface area contributed by atoms with E-state index >= 15 is 0 Å². The smallest absolute Gasteiger partial charge is 0.323 e. The molecule has 244 valence electrons. The van der Waals surface area contributed by atoms with Crippen LogP contribution in [0.1, 0.15) is 31.9 Å². The van der Waals surface area contributed by atoms with Gasteiger partial charge in [-0.1, -0.05) is 45.0 Å². The van der Waals surface area contributed by atoms with E-state index in [0.29, 0.717) is 23.2 Å². The molecule has 3 aliphatic rings. The van der Waals surface area contributed by atoms with Crippen LogP contribution in [0.2, 0.25) is 0 Å². The summed E-state index contributed by atoms with van der Waals surface area (Å²) in [5.41, 5.74) is 10.2. The van der Waals surface area contributed by atoms with Gasteiger partial charge in [-0.25, -0.2) is 0 Å². The number of benzene rings is 1. The zero-order valence-electron chi connectivity index (χ0n) is 25.5. The van der Waals surface area contributed by atoms with Crippen molar-refractivity contribution in [3.63, 3.8) is 0 Å². The molecule has 0 atom stereocenters. The molecule has 0 saturated carbocycles. The van der Waals surface area contributed by atoms with Crippen molar-refractivity contribution in [2.24, 2.45) is 5.73 Å². The van der Waals surface area contributed by atoms with Gasteiger partial charge in [0.25, 0.3) is 0 Å². The van der Waals surface area contributed by atoms with E-state index in [1.807, 2.05) is 24.3 Å². The quantitative estimate of drug-likeness (QED) is 0.121. The minimum Gasteiger partial charge on any atom is -0.480 e. The Kier molecular flexibility index (Phi) is 9.78. The van der Waals surface area contributed by atoms with Gasteiger partial charge in [-0.05, 0) is 16.5 Å². The van der Waals surface area contributed by atoms with Crippen LogP contribution < -0.4 is 22.0 Å². The van der Waals surface area contributed by atoms with E-state index in [1.54, 1.807) is 4.90 Å². The fourth-order valence-corrected chi connectivity index (χ4v) is 5.24. The number of aromatic nitrogens is 4. The number of carboxylic acids is 4. The minimum absolute atomic E-state index is 0.0333. The van der Waals surface area contributed by atoms with Crippen LogP contribution in [0, 0.1) is 11.0 Å². The molecule has 0 radical (unpaired) electrons. The third-order valence-electron chi connectivity index (χ3n) is 7.51. The van der Waals surface area contributed by atoms with E-state index in [1.165, 1.54) is 14.0 Å². The number of carbonyl (C=O) groups is 4. The SMILES string of the molecule is CC(C)(C)c1ccc(CN/C2=c3\[nH]/c(n3CC(=O)O)=c3\[nH]/c(n3CC(=O)O)=C(\N)CN(CC(=O)O)CCN(CC(=O)O)C2)cc1. The third kappa shape index (κ3) is 8.16. The second kappa shape index (κ2) is 13.4. The molecule has 5 heterocycles. The van der Waals surface area contributed by atoms with E-state index in [-0.39, 0.29) is 61.3 Å². The predicted molar refractivity (Wildman–Crippen MR) is 161 cm³/mol. The lowest BCUT2D eigenvalue weighted by atomic mass is 9.87. The van der Waals surface area contributed by atoms with Crippen molar-refractivity contribution >= 4 is 35.3 Å². The molecule has 3 aromatic rings. The second-order valence-electron chi connectivity index (χ2n) is 12.1. The number of carboxylic acid groups (broad SMARTS) is 4. The molecular formula is C29H40N8O8. The molecule has 6 rings (SSSR count). The first-order valence-corrected chi connectivity index (χ1v) is 14.3. The second-order valence-corrected chi connectivity index (χ2v) is 12.1. The molecule has 45 heavy (non-hydrogen) atoms. The molecule has 0 spiro atoms. The molecule has 2 aromatic heterocycles. The summed E-state index contributed by atoms with van der Waals surface area (Å²) in [6.07, 6.45) is 0. The highest BCUT2D eigenvalue weighted by atomic mass is 16.4. The number of rotatable bonds is 11. The molecule has 9 N–H and O–H groups in total. The maximum atomic E-state index is 11.9. The lowest BCUT2D eigenvalue weighted by Gasteiger charge is -2.29.